The molecule has 0 bridgehead atoms. The molecule has 2 heterocycles. The second-order valence-corrected chi connectivity index (χ2v) is 5.98. The van der Waals surface area contributed by atoms with Gasteiger partial charge in [0.15, 0.2) is 0 Å². The molecule has 0 aliphatic carbocycles. The molecule has 1 aromatic rings. The molecule has 1 saturated heterocycles. The van der Waals surface area contributed by atoms with Crippen molar-refractivity contribution in [3.8, 4) is 12.3 Å². The number of anilines is 1. The van der Waals surface area contributed by atoms with Gasteiger partial charge in [-0.15, -0.1) is 6.42 Å². The maximum absolute atomic E-state index is 5.37. The summed E-state index contributed by atoms with van der Waals surface area (Å²) in [5.41, 5.74) is 3.56. The molecular formula is C16H26N4. The summed E-state index contributed by atoms with van der Waals surface area (Å²) in [5, 5.41) is 8.33. The van der Waals surface area contributed by atoms with E-state index in [2.05, 4.69) is 53.6 Å². The van der Waals surface area contributed by atoms with Crippen molar-refractivity contribution < 1.29 is 0 Å². The highest BCUT2D eigenvalue weighted by Gasteiger charge is 2.21. The predicted octanol–water partition coefficient (Wildman–Crippen LogP) is 2.59. The lowest BCUT2D eigenvalue weighted by atomic mass is 10.0. The summed E-state index contributed by atoms with van der Waals surface area (Å²) in [6.45, 7) is 11.5. The fourth-order valence-electron chi connectivity index (χ4n) is 2.94. The molecule has 1 aliphatic heterocycles. The molecule has 110 valence electrons. The molecule has 0 amide bonds. The summed E-state index contributed by atoms with van der Waals surface area (Å²) in [6, 6.07) is 0.938. The van der Waals surface area contributed by atoms with Crippen molar-refractivity contribution in [3.05, 3.63) is 11.4 Å². The van der Waals surface area contributed by atoms with Crippen molar-refractivity contribution in [1.29, 1.82) is 0 Å². The van der Waals surface area contributed by atoms with Gasteiger partial charge in [0.05, 0.1) is 23.6 Å². The van der Waals surface area contributed by atoms with Crippen LogP contribution in [0.5, 0.6) is 0 Å². The van der Waals surface area contributed by atoms with Crippen molar-refractivity contribution >= 4 is 5.69 Å². The maximum atomic E-state index is 5.37. The zero-order valence-corrected chi connectivity index (χ0v) is 13.1. The van der Waals surface area contributed by atoms with Crippen molar-refractivity contribution in [2.45, 2.75) is 52.6 Å². The molecule has 4 heteroatoms. The van der Waals surface area contributed by atoms with Gasteiger partial charge in [0.1, 0.15) is 0 Å². The molecular weight excluding hydrogens is 248 g/mol. The smallest absolute Gasteiger partial charge is 0.0828 e. The molecule has 0 unspecified atom stereocenters. The number of piperidine rings is 1. The number of likely N-dealkylation sites (tertiary alicyclic amines) is 1. The first-order chi connectivity index (χ1) is 9.52. The van der Waals surface area contributed by atoms with Gasteiger partial charge in [0, 0.05) is 25.2 Å². The summed E-state index contributed by atoms with van der Waals surface area (Å²) in [7, 11) is 0. The maximum Gasteiger partial charge on any atom is 0.0828 e. The van der Waals surface area contributed by atoms with Crippen molar-refractivity contribution in [2.75, 3.05) is 25.0 Å². The van der Waals surface area contributed by atoms with Crippen LogP contribution >= 0.6 is 0 Å². The van der Waals surface area contributed by atoms with E-state index in [1.165, 1.54) is 11.4 Å². The van der Waals surface area contributed by atoms with E-state index in [1.807, 2.05) is 0 Å². The number of aromatic nitrogens is 2. The third-order valence-electron chi connectivity index (χ3n) is 4.07. The summed E-state index contributed by atoms with van der Waals surface area (Å²) in [5.74, 6) is 2.73. The summed E-state index contributed by atoms with van der Waals surface area (Å²) in [6.07, 6.45) is 7.66. The van der Waals surface area contributed by atoms with Gasteiger partial charge < -0.3 is 5.32 Å². The van der Waals surface area contributed by atoms with Gasteiger partial charge in [-0.05, 0) is 40.5 Å². The molecule has 1 N–H and O–H groups in total. The molecule has 0 atom stereocenters. The Bertz CT molecular complexity index is 487. The SMILES string of the molecule is C#CCN1CCC(Nc2c(C)nn(C(C)C)c2C)CC1. The van der Waals surface area contributed by atoms with Crippen molar-refractivity contribution in [1.82, 2.24) is 14.7 Å². The molecule has 1 fully saturated rings. The second-order valence-electron chi connectivity index (χ2n) is 5.98. The van der Waals surface area contributed by atoms with Gasteiger partial charge in [-0.25, -0.2) is 0 Å². The zero-order chi connectivity index (χ0) is 14.7. The Labute approximate surface area is 122 Å². The molecule has 0 aromatic carbocycles. The van der Waals surface area contributed by atoms with Crippen LogP contribution in [-0.4, -0.2) is 40.4 Å². The number of hydrogen-bond donors (Lipinski definition) is 1. The molecule has 4 nitrogen and oxygen atoms in total. The fourth-order valence-corrected chi connectivity index (χ4v) is 2.94. The Balaban J connectivity index is 2.00. The number of terminal acetylenes is 1. The molecule has 0 radical (unpaired) electrons. The lowest BCUT2D eigenvalue weighted by molar-refractivity contribution is 0.243. The number of rotatable bonds is 4. The number of nitrogens with one attached hydrogen (secondary N) is 1. The van der Waals surface area contributed by atoms with Gasteiger partial charge in [0.2, 0.25) is 0 Å². The lowest BCUT2D eigenvalue weighted by Gasteiger charge is -2.31. The van der Waals surface area contributed by atoms with Gasteiger partial charge in [-0.2, -0.15) is 5.10 Å². The normalized spacial score (nSPS) is 17.4. The van der Waals surface area contributed by atoms with Crippen LogP contribution in [0.15, 0.2) is 0 Å². The van der Waals surface area contributed by atoms with Gasteiger partial charge in [-0.1, -0.05) is 5.92 Å². The van der Waals surface area contributed by atoms with E-state index in [1.54, 1.807) is 0 Å². The summed E-state index contributed by atoms with van der Waals surface area (Å²) in [4.78, 5) is 2.34. The summed E-state index contributed by atoms with van der Waals surface area (Å²) < 4.78 is 2.10. The molecule has 20 heavy (non-hydrogen) atoms. The number of hydrogen-bond acceptors (Lipinski definition) is 3. The fraction of sp³-hybridized carbons (Fsp3) is 0.688. The highest BCUT2D eigenvalue weighted by molar-refractivity contribution is 5.53. The Morgan fingerprint density at radius 3 is 2.50 bits per heavy atom. The van der Waals surface area contributed by atoms with Crippen LogP contribution < -0.4 is 5.32 Å². The van der Waals surface area contributed by atoms with Gasteiger partial charge in [-0.3, -0.25) is 9.58 Å². The first-order valence-electron chi connectivity index (χ1n) is 7.51. The van der Waals surface area contributed by atoms with Crippen LogP contribution in [0.2, 0.25) is 0 Å². The van der Waals surface area contributed by atoms with E-state index < -0.39 is 0 Å². The van der Waals surface area contributed by atoms with Crippen LogP contribution in [0.25, 0.3) is 0 Å². The topological polar surface area (TPSA) is 33.1 Å². The Morgan fingerprint density at radius 2 is 2.00 bits per heavy atom. The molecule has 0 spiro atoms. The molecule has 1 aliphatic rings. The third-order valence-corrected chi connectivity index (χ3v) is 4.07. The minimum atomic E-state index is 0.404. The zero-order valence-electron chi connectivity index (χ0n) is 13.1. The molecule has 1 aromatic heterocycles. The van der Waals surface area contributed by atoms with E-state index >= 15 is 0 Å². The minimum Gasteiger partial charge on any atom is -0.379 e. The third kappa shape index (κ3) is 3.16. The average Bonchev–Trinajstić information content (AvgIpc) is 2.69. The lowest BCUT2D eigenvalue weighted by Crippen LogP contribution is -2.39. The van der Waals surface area contributed by atoms with Crippen LogP contribution in [0, 0.1) is 26.2 Å². The van der Waals surface area contributed by atoms with E-state index in [9.17, 15) is 0 Å². The predicted molar refractivity (Wildman–Crippen MR) is 84.0 cm³/mol. The van der Waals surface area contributed by atoms with E-state index in [0.29, 0.717) is 12.1 Å². The van der Waals surface area contributed by atoms with Crippen molar-refractivity contribution in [3.63, 3.8) is 0 Å². The Morgan fingerprint density at radius 1 is 1.35 bits per heavy atom. The Hall–Kier alpha value is -1.47. The number of aryl methyl sites for hydroxylation is 1. The standard InChI is InChI=1S/C16H26N4/c1-6-9-19-10-7-15(8-11-19)17-16-13(4)18-20(12(2)3)14(16)5/h1,12,15,17H,7-11H2,2-5H3. The largest absolute Gasteiger partial charge is 0.379 e. The second kappa shape index (κ2) is 6.32. The van der Waals surface area contributed by atoms with Crippen LogP contribution in [0.3, 0.4) is 0 Å². The van der Waals surface area contributed by atoms with Crippen molar-refractivity contribution in [2.24, 2.45) is 0 Å². The highest BCUT2D eigenvalue weighted by Crippen LogP contribution is 2.25. The van der Waals surface area contributed by atoms with Crippen LogP contribution in [-0.2, 0) is 0 Å². The monoisotopic (exact) mass is 274 g/mol. The van der Waals surface area contributed by atoms with Gasteiger partial charge >= 0.3 is 0 Å². The molecule has 2 rings (SSSR count). The molecule has 0 saturated carbocycles. The van der Waals surface area contributed by atoms with Crippen LogP contribution in [0.4, 0.5) is 5.69 Å². The van der Waals surface area contributed by atoms with Crippen LogP contribution in [0.1, 0.15) is 44.1 Å². The Kier molecular flexibility index (Phi) is 4.72. The van der Waals surface area contributed by atoms with E-state index in [-0.39, 0.29) is 0 Å². The first-order valence-corrected chi connectivity index (χ1v) is 7.51. The van der Waals surface area contributed by atoms with Gasteiger partial charge in [0.25, 0.3) is 0 Å². The average molecular weight is 274 g/mol. The first kappa shape index (κ1) is 14.9. The minimum absolute atomic E-state index is 0.404. The highest BCUT2D eigenvalue weighted by atomic mass is 15.3. The van der Waals surface area contributed by atoms with E-state index in [0.717, 1.165) is 38.2 Å². The summed E-state index contributed by atoms with van der Waals surface area (Å²) >= 11 is 0. The number of nitrogens with zero attached hydrogens (tertiary/aromatic N) is 3. The van der Waals surface area contributed by atoms with E-state index in [4.69, 9.17) is 6.42 Å². The quantitative estimate of drug-likeness (QED) is 0.857.